The molecule has 1 aromatic rings. The summed E-state index contributed by atoms with van der Waals surface area (Å²) in [5.41, 5.74) is 2.69. The molecule has 0 amide bonds. The van der Waals surface area contributed by atoms with E-state index in [4.69, 9.17) is 5.11 Å². The summed E-state index contributed by atoms with van der Waals surface area (Å²) in [4.78, 5) is 11.0. The summed E-state index contributed by atoms with van der Waals surface area (Å²) in [5.74, 6) is -1.95. The molecule has 0 aliphatic heterocycles. The van der Waals surface area contributed by atoms with E-state index in [2.05, 4.69) is 12.1 Å². The van der Waals surface area contributed by atoms with Crippen LogP contribution in [0.4, 0.5) is 0 Å². The molecule has 0 spiro atoms. The van der Waals surface area contributed by atoms with E-state index in [0.29, 0.717) is 12.3 Å². The van der Waals surface area contributed by atoms with Gasteiger partial charge in [0.1, 0.15) is 0 Å². The van der Waals surface area contributed by atoms with Crippen molar-refractivity contribution in [3.05, 3.63) is 47.2 Å². The third-order valence-corrected chi connectivity index (χ3v) is 5.40. The number of allylic oxidation sites excluding steroid dienone is 1. The van der Waals surface area contributed by atoms with Gasteiger partial charge in [-0.05, 0) is 42.4 Å². The van der Waals surface area contributed by atoms with Crippen LogP contribution in [0.15, 0.2) is 36.1 Å². The van der Waals surface area contributed by atoms with Gasteiger partial charge in [0.15, 0.2) is 0 Å². The lowest BCUT2D eigenvalue weighted by Gasteiger charge is -2.22. The number of carbonyl (C=O) groups is 1. The number of rotatable bonds is 5. The molecule has 1 saturated carbocycles. The van der Waals surface area contributed by atoms with Gasteiger partial charge in [-0.25, -0.2) is 0 Å². The SMILES string of the molecule is O=C(O)C[C@H]1[C@H](C(O)=CCC2Cc3ccccc3C2)[C@H](O)C[C@H]1O. The van der Waals surface area contributed by atoms with Gasteiger partial charge in [0, 0.05) is 18.3 Å². The van der Waals surface area contributed by atoms with Crippen LogP contribution in [-0.2, 0) is 17.6 Å². The van der Waals surface area contributed by atoms with Crippen molar-refractivity contribution in [3.63, 3.8) is 0 Å². The molecule has 24 heavy (non-hydrogen) atoms. The van der Waals surface area contributed by atoms with Crippen molar-refractivity contribution in [1.29, 1.82) is 0 Å². The zero-order valence-corrected chi connectivity index (χ0v) is 13.5. The van der Waals surface area contributed by atoms with Crippen LogP contribution < -0.4 is 0 Å². The zero-order chi connectivity index (χ0) is 17.3. The molecule has 5 nitrogen and oxygen atoms in total. The van der Waals surface area contributed by atoms with Crippen molar-refractivity contribution in [2.24, 2.45) is 17.8 Å². The number of carboxylic acids is 1. The van der Waals surface area contributed by atoms with Gasteiger partial charge in [-0.1, -0.05) is 24.3 Å². The number of benzene rings is 1. The number of aliphatic hydroxyl groups excluding tert-OH is 3. The summed E-state index contributed by atoms with van der Waals surface area (Å²) in [6.45, 7) is 0. The third-order valence-electron chi connectivity index (χ3n) is 5.40. The minimum Gasteiger partial charge on any atom is -0.512 e. The highest BCUT2D eigenvalue weighted by Gasteiger charge is 2.44. The van der Waals surface area contributed by atoms with Crippen molar-refractivity contribution in [1.82, 2.24) is 0 Å². The maximum absolute atomic E-state index is 11.0. The first-order chi connectivity index (χ1) is 11.5. The Bertz CT molecular complexity index is 613. The van der Waals surface area contributed by atoms with Crippen molar-refractivity contribution in [2.75, 3.05) is 0 Å². The molecule has 4 N–H and O–H groups in total. The standard InChI is InChI=1S/C19H24O5/c20-15(19-14(9-18(23)24)16(21)10-17(19)22)6-5-11-7-12-3-1-2-4-13(12)8-11/h1-4,6,11,14,16-17,19-22H,5,7-10H2,(H,23,24)/t14-,16-,17-,19-/m1/s1. The smallest absolute Gasteiger partial charge is 0.303 e. The number of hydrogen-bond donors (Lipinski definition) is 4. The Morgan fingerprint density at radius 1 is 1.08 bits per heavy atom. The second-order valence-corrected chi connectivity index (χ2v) is 7.07. The molecule has 0 unspecified atom stereocenters. The fourth-order valence-electron chi connectivity index (χ4n) is 4.21. The highest BCUT2D eigenvalue weighted by molar-refractivity contribution is 5.67. The number of carboxylic acid groups (broad SMARTS) is 1. The van der Waals surface area contributed by atoms with Crippen LogP contribution in [-0.4, -0.2) is 38.6 Å². The molecule has 1 aromatic carbocycles. The van der Waals surface area contributed by atoms with Gasteiger partial charge in [0.2, 0.25) is 0 Å². The van der Waals surface area contributed by atoms with Gasteiger partial charge >= 0.3 is 5.97 Å². The second-order valence-electron chi connectivity index (χ2n) is 7.07. The normalized spacial score (nSPS) is 30.5. The summed E-state index contributed by atoms with van der Waals surface area (Å²) in [6, 6.07) is 8.31. The molecule has 130 valence electrons. The van der Waals surface area contributed by atoms with Crippen LogP contribution in [0.3, 0.4) is 0 Å². The lowest BCUT2D eigenvalue weighted by Crippen LogP contribution is -2.26. The molecular weight excluding hydrogens is 308 g/mol. The molecule has 2 aliphatic carbocycles. The Hall–Kier alpha value is -1.85. The minimum absolute atomic E-state index is 0.0151. The first kappa shape index (κ1) is 17.0. The molecule has 4 atom stereocenters. The monoisotopic (exact) mass is 332 g/mol. The summed E-state index contributed by atoms with van der Waals surface area (Å²) in [7, 11) is 0. The van der Waals surface area contributed by atoms with Crippen LogP contribution in [0.5, 0.6) is 0 Å². The molecule has 0 aromatic heterocycles. The number of aliphatic carboxylic acids is 1. The van der Waals surface area contributed by atoms with Crippen molar-refractivity contribution in [2.45, 2.75) is 44.3 Å². The van der Waals surface area contributed by atoms with Crippen LogP contribution in [0.2, 0.25) is 0 Å². The average molecular weight is 332 g/mol. The first-order valence-electron chi connectivity index (χ1n) is 8.49. The molecule has 1 fully saturated rings. The highest BCUT2D eigenvalue weighted by atomic mass is 16.4. The van der Waals surface area contributed by atoms with Crippen LogP contribution in [0, 0.1) is 17.8 Å². The molecule has 0 heterocycles. The molecule has 0 saturated heterocycles. The molecule has 0 bridgehead atoms. The maximum atomic E-state index is 11.0. The molecule has 0 radical (unpaired) electrons. The minimum atomic E-state index is -1.03. The van der Waals surface area contributed by atoms with Gasteiger partial charge in [0.25, 0.3) is 0 Å². The van der Waals surface area contributed by atoms with E-state index in [1.54, 1.807) is 6.08 Å². The van der Waals surface area contributed by atoms with E-state index < -0.39 is 30.0 Å². The summed E-state index contributed by atoms with van der Waals surface area (Å²) >= 11 is 0. The van der Waals surface area contributed by atoms with Crippen molar-refractivity contribution in [3.8, 4) is 0 Å². The van der Waals surface area contributed by atoms with E-state index in [1.807, 2.05) is 12.1 Å². The average Bonchev–Trinajstić information content (AvgIpc) is 3.05. The predicted octanol–water partition coefficient (Wildman–Crippen LogP) is 2.07. The van der Waals surface area contributed by atoms with Gasteiger partial charge in [0.05, 0.1) is 24.4 Å². The van der Waals surface area contributed by atoms with Crippen molar-refractivity contribution < 1.29 is 25.2 Å². The molecule has 5 heteroatoms. The van der Waals surface area contributed by atoms with E-state index in [-0.39, 0.29) is 18.6 Å². The zero-order valence-electron chi connectivity index (χ0n) is 13.5. The molecular formula is C19H24O5. The molecule has 3 rings (SSSR count). The van der Waals surface area contributed by atoms with Gasteiger partial charge < -0.3 is 20.4 Å². The van der Waals surface area contributed by atoms with Crippen LogP contribution in [0.25, 0.3) is 0 Å². The maximum Gasteiger partial charge on any atom is 0.303 e. The number of fused-ring (bicyclic) bond motifs is 1. The summed E-state index contributed by atoms with van der Waals surface area (Å²) in [5, 5.41) is 39.4. The lowest BCUT2D eigenvalue weighted by molar-refractivity contribution is -0.139. The molecule has 2 aliphatic rings. The highest BCUT2D eigenvalue weighted by Crippen LogP contribution is 2.39. The van der Waals surface area contributed by atoms with Crippen LogP contribution in [0.1, 0.15) is 30.4 Å². The van der Waals surface area contributed by atoms with Gasteiger partial charge in [-0.3, -0.25) is 4.79 Å². The fraction of sp³-hybridized carbons (Fsp3) is 0.526. The quantitative estimate of drug-likeness (QED) is 0.619. The Morgan fingerprint density at radius 2 is 1.71 bits per heavy atom. The van der Waals surface area contributed by atoms with E-state index >= 15 is 0 Å². The lowest BCUT2D eigenvalue weighted by atomic mass is 9.88. The largest absolute Gasteiger partial charge is 0.512 e. The first-order valence-corrected chi connectivity index (χ1v) is 8.49. The van der Waals surface area contributed by atoms with E-state index in [0.717, 1.165) is 12.8 Å². The van der Waals surface area contributed by atoms with Gasteiger partial charge in [-0.15, -0.1) is 0 Å². The Labute approximate surface area is 141 Å². The number of hydrogen-bond acceptors (Lipinski definition) is 4. The second kappa shape index (κ2) is 6.95. The summed E-state index contributed by atoms with van der Waals surface area (Å²) < 4.78 is 0. The van der Waals surface area contributed by atoms with E-state index in [1.165, 1.54) is 11.1 Å². The Balaban J connectivity index is 1.66. The summed E-state index contributed by atoms with van der Waals surface area (Å²) in [6.07, 6.45) is 2.37. The van der Waals surface area contributed by atoms with Gasteiger partial charge in [-0.2, -0.15) is 0 Å². The number of aliphatic hydroxyl groups is 3. The van der Waals surface area contributed by atoms with Crippen LogP contribution >= 0.6 is 0 Å². The van der Waals surface area contributed by atoms with Crippen molar-refractivity contribution >= 4 is 5.97 Å². The predicted molar refractivity (Wildman–Crippen MR) is 88.5 cm³/mol. The third kappa shape index (κ3) is 3.47. The Kier molecular flexibility index (Phi) is 4.92. The Morgan fingerprint density at radius 3 is 2.29 bits per heavy atom. The topological polar surface area (TPSA) is 98.0 Å². The van der Waals surface area contributed by atoms with E-state index in [9.17, 15) is 20.1 Å². The fourth-order valence-corrected chi connectivity index (χ4v) is 4.21.